The molecule has 0 radical (unpaired) electrons. The number of pyridine rings is 2. The molecule has 2 heterocycles. The number of benzene rings is 2. The van der Waals surface area contributed by atoms with Gasteiger partial charge < -0.3 is 24.3 Å². The zero-order chi connectivity index (χ0) is 24.8. The van der Waals surface area contributed by atoms with Gasteiger partial charge in [-0.05, 0) is 52.9 Å². The van der Waals surface area contributed by atoms with Gasteiger partial charge >= 0.3 is 0 Å². The van der Waals surface area contributed by atoms with E-state index in [9.17, 15) is 4.79 Å². The van der Waals surface area contributed by atoms with Crippen molar-refractivity contribution in [3.05, 3.63) is 76.0 Å². The molecule has 0 bridgehead atoms. The van der Waals surface area contributed by atoms with Crippen LogP contribution in [0.15, 0.2) is 61.1 Å². The van der Waals surface area contributed by atoms with Crippen molar-refractivity contribution in [2.24, 2.45) is 0 Å². The maximum Gasteiger partial charge on any atom is 0.261 e. The van der Waals surface area contributed by atoms with Crippen LogP contribution >= 0.6 is 22.6 Å². The lowest BCUT2D eigenvalue weighted by Gasteiger charge is -2.14. The van der Waals surface area contributed by atoms with E-state index in [4.69, 9.17) is 18.9 Å². The SMILES string of the molecule is COCCOc1ccc2c(Oc3c(F)cc(NC(=O)c4cnccc4OC)cc3I)ccnc2c1. The highest BCUT2D eigenvalue weighted by atomic mass is 127. The Morgan fingerprint density at radius 3 is 2.66 bits per heavy atom. The van der Waals surface area contributed by atoms with Crippen LogP contribution in [0.5, 0.6) is 23.0 Å². The number of ether oxygens (including phenoxy) is 4. The third-order valence-corrected chi connectivity index (χ3v) is 5.75. The molecule has 0 saturated heterocycles. The number of hydrogen-bond acceptors (Lipinski definition) is 7. The predicted octanol–water partition coefficient (Wildman–Crippen LogP) is 5.45. The van der Waals surface area contributed by atoms with Crippen molar-refractivity contribution in [2.75, 3.05) is 32.8 Å². The van der Waals surface area contributed by atoms with Gasteiger partial charge in [0.15, 0.2) is 11.6 Å². The van der Waals surface area contributed by atoms with Gasteiger partial charge in [0, 0.05) is 48.9 Å². The Labute approximate surface area is 214 Å². The van der Waals surface area contributed by atoms with Crippen LogP contribution in [0, 0.1) is 9.39 Å². The minimum atomic E-state index is -0.630. The number of carbonyl (C=O) groups is 1. The standard InChI is InChI=1S/C25H21FIN3O5/c1-32-9-10-34-16-3-4-17-21(13-16)29-8-6-23(17)35-24-19(26)11-15(12-20(24)27)30-25(31)18-14-28-7-5-22(18)33-2/h3-8,11-14H,9-10H2,1-2H3,(H,30,31). The summed E-state index contributed by atoms with van der Waals surface area (Å²) in [5, 5.41) is 3.37. The number of rotatable bonds is 9. The van der Waals surface area contributed by atoms with E-state index >= 15 is 4.39 Å². The van der Waals surface area contributed by atoms with Crippen LogP contribution in [-0.2, 0) is 4.74 Å². The van der Waals surface area contributed by atoms with Gasteiger partial charge in [0.25, 0.3) is 5.91 Å². The van der Waals surface area contributed by atoms with Crippen LogP contribution in [-0.4, -0.2) is 43.3 Å². The van der Waals surface area contributed by atoms with E-state index in [0.717, 1.165) is 0 Å². The number of nitrogens with zero attached hydrogens (tertiary/aromatic N) is 2. The van der Waals surface area contributed by atoms with Gasteiger partial charge in [-0.15, -0.1) is 0 Å². The molecule has 0 aliphatic rings. The molecule has 0 saturated carbocycles. The number of hydrogen-bond donors (Lipinski definition) is 1. The average molecular weight is 589 g/mol. The Balaban J connectivity index is 1.56. The van der Waals surface area contributed by atoms with Gasteiger partial charge in [0.2, 0.25) is 0 Å². The van der Waals surface area contributed by atoms with E-state index in [0.29, 0.717) is 44.9 Å². The minimum Gasteiger partial charge on any atom is -0.496 e. The summed E-state index contributed by atoms with van der Waals surface area (Å²) in [7, 11) is 3.06. The second-order valence-electron chi connectivity index (χ2n) is 7.23. The Hall–Kier alpha value is -3.51. The highest BCUT2D eigenvalue weighted by molar-refractivity contribution is 14.1. The normalized spacial score (nSPS) is 10.7. The lowest BCUT2D eigenvalue weighted by molar-refractivity contribution is 0.102. The first-order valence-corrected chi connectivity index (χ1v) is 11.5. The maximum absolute atomic E-state index is 15.1. The number of anilines is 1. The molecule has 10 heteroatoms. The number of methoxy groups -OCH3 is 2. The Morgan fingerprint density at radius 1 is 1.06 bits per heavy atom. The molecular formula is C25H21FIN3O5. The van der Waals surface area contributed by atoms with Gasteiger partial charge in [-0.1, -0.05) is 0 Å². The molecule has 2 aromatic carbocycles. The highest BCUT2D eigenvalue weighted by Crippen LogP contribution is 2.36. The van der Waals surface area contributed by atoms with Gasteiger partial charge in [-0.2, -0.15) is 0 Å². The Morgan fingerprint density at radius 2 is 1.89 bits per heavy atom. The third kappa shape index (κ3) is 5.77. The summed E-state index contributed by atoms with van der Waals surface area (Å²) >= 11 is 1.96. The van der Waals surface area contributed by atoms with Gasteiger partial charge in [0.05, 0.1) is 28.4 Å². The van der Waals surface area contributed by atoms with E-state index in [-0.39, 0.29) is 17.0 Å². The topological polar surface area (TPSA) is 91.8 Å². The molecule has 4 rings (SSSR count). The molecule has 1 amide bonds. The van der Waals surface area contributed by atoms with Crippen LogP contribution in [0.1, 0.15) is 10.4 Å². The molecule has 180 valence electrons. The summed E-state index contributed by atoms with van der Waals surface area (Å²) in [6.45, 7) is 0.886. The van der Waals surface area contributed by atoms with Crippen molar-refractivity contribution >= 4 is 45.1 Å². The number of aromatic nitrogens is 2. The lowest BCUT2D eigenvalue weighted by Crippen LogP contribution is -2.14. The van der Waals surface area contributed by atoms with Crippen LogP contribution in [0.25, 0.3) is 10.9 Å². The lowest BCUT2D eigenvalue weighted by atomic mass is 10.2. The fraction of sp³-hybridized carbons (Fsp3) is 0.160. The molecular weight excluding hydrogens is 568 g/mol. The minimum absolute atomic E-state index is 0.0375. The molecule has 35 heavy (non-hydrogen) atoms. The summed E-state index contributed by atoms with van der Waals surface area (Å²) in [5.41, 5.74) is 1.15. The molecule has 0 aliphatic heterocycles. The van der Waals surface area contributed by atoms with Crippen LogP contribution in [0.3, 0.4) is 0 Å². The molecule has 0 aliphatic carbocycles. The van der Waals surface area contributed by atoms with Crippen molar-refractivity contribution in [3.63, 3.8) is 0 Å². The van der Waals surface area contributed by atoms with Crippen molar-refractivity contribution in [2.45, 2.75) is 0 Å². The first-order chi connectivity index (χ1) is 17.0. The molecule has 2 aromatic heterocycles. The molecule has 0 spiro atoms. The Kier molecular flexibility index (Phi) is 7.93. The van der Waals surface area contributed by atoms with Gasteiger partial charge in [-0.25, -0.2) is 4.39 Å². The summed E-state index contributed by atoms with van der Waals surface area (Å²) in [4.78, 5) is 20.9. The van der Waals surface area contributed by atoms with E-state index < -0.39 is 11.7 Å². The largest absolute Gasteiger partial charge is 0.496 e. The smallest absolute Gasteiger partial charge is 0.261 e. The maximum atomic E-state index is 15.1. The zero-order valence-corrected chi connectivity index (χ0v) is 21.0. The quantitative estimate of drug-likeness (QED) is 0.205. The summed E-state index contributed by atoms with van der Waals surface area (Å²) in [6.07, 6.45) is 4.48. The fourth-order valence-corrected chi connectivity index (χ4v) is 3.99. The molecule has 1 N–H and O–H groups in total. The van der Waals surface area contributed by atoms with Crippen LogP contribution in [0.4, 0.5) is 10.1 Å². The first-order valence-electron chi connectivity index (χ1n) is 10.5. The van der Waals surface area contributed by atoms with E-state index in [1.165, 1.54) is 25.6 Å². The molecule has 0 atom stereocenters. The molecule has 0 unspecified atom stereocenters. The van der Waals surface area contributed by atoms with Crippen LogP contribution < -0.4 is 19.5 Å². The molecule has 0 fully saturated rings. The number of fused-ring (bicyclic) bond motifs is 1. The monoisotopic (exact) mass is 589 g/mol. The summed E-state index contributed by atoms with van der Waals surface area (Å²) in [6, 6.07) is 11.4. The molecule has 4 aromatic rings. The number of halogens is 2. The molecule has 8 nitrogen and oxygen atoms in total. The van der Waals surface area contributed by atoms with Gasteiger partial charge in [-0.3, -0.25) is 14.8 Å². The Bertz CT molecular complexity index is 1350. The number of amides is 1. The fourth-order valence-electron chi connectivity index (χ4n) is 3.29. The summed E-state index contributed by atoms with van der Waals surface area (Å²) in [5.74, 6) is 0.384. The van der Waals surface area contributed by atoms with Gasteiger partial charge in [0.1, 0.15) is 23.9 Å². The van der Waals surface area contributed by atoms with E-state index in [2.05, 4.69) is 15.3 Å². The van der Waals surface area contributed by atoms with Crippen molar-refractivity contribution in [3.8, 4) is 23.0 Å². The second kappa shape index (κ2) is 11.3. The van der Waals surface area contributed by atoms with E-state index in [1.807, 2.05) is 22.6 Å². The number of carbonyl (C=O) groups excluding carboxylic acids is 1. The van der Waals surface area contributed by atoms with Crippen molar-refractivity contribution in [1.82, 2.24) is 9.97 Å². The highest BCUT2D eigenvalue weighted by Gasteiger charge is 2.17. The predicted molar refractivity (Wildman–Crippen MR) is 137 cm³/mol. The average Bonchev–Trinajstić information content (AvgIpc) is 2.86. The van der Waals surface area contributed by atoms with Crippen molar-refractivity contribution < 1.29 is 28.1 Å². The first kappa shape index (κ1) is 24.6. The zero-order valence-electron chi connectivity index (χ0n) is 18.9. The van der Waals surface area contributed by atoms with Crippen molar-refractivity contribution in [1.29, 1.82) is 0 Å². The van der Waals surface area contributed by atoms with Crippen LogP contribution in [0.2, 0.25) is 0 Å². The third-order valence-electron chi connectivity index (χ3n) is 4.94. The van der Waals surface area contributed by atoms with E-state index in [1.54, 1.807) is 49.7 Å². The number of nitrogens with one attached hydrogen (secondary N) is 1. The summed E-state index contributed by atoms with van der Waals surface area (Å²) < 4.78 is 37.3. The second-order valence-corrected chi connectivity index (χ2v) is 8.39.